The quantitative estimate of drug-likeness (QED) is 0.505. The predicted octanol–water partition coefficient (Wildman–Crippen LogP) is 1.41. The van der Waals surface area contributed by atoms with Crippen LogP contribution in [0.5, 0.6) is 0 Å². The summed E-state index contributed by atoms with van der Waals surface area (Å²) >= 11 is 0. The van der Waals surface area contributed by atoms with Gasteiger partial charge in [-0.05, 0) is 19.9 Å². The molecule has 1 aromatic rings. The van der Waals surface area contributed by atoms with Gasteiger partial charge >= 0.3 is 5.88 Å². The van der Waals surface area contributed by atoms with Gasteiger partial charge < -0.3 is 9.32 Å². The number of hydrazine groups is 1. The molecule has 24 heavy (non-hydrogen) atoms. The highest BCUT2D eigenvalue weighted by molar-refractivity contribution is 6.12. The second-order valence-electron chi connectivity index (χ2n) is 5.58. The molecule has 0 spiro atoms. The zero-order valence-electron chi connectivity index (χ0n) is 13.7. The lowest BCUT2D eigenvalue weighted by Crippen LogP contribution is -2.37. The van der Waals surface area contributed by atoms with Crippen molar-refractivity contribution in [1.82, 2.24) is 14.9 Å². The van der Waals surface area contributed by atoms with Crippen molar-refractivity contribution < 1.29 is 9.34 Å². The van der Waals surface area contributed by atoms with Gasteiger partial charge in [0.15, 0.2) is 17.4 Å². The third kappa shape index (κ3) is 2.42. The Morgan fingerprint density at radius 1 is 1.38 bits per heavy atom. The molecule has 0 amide bonds. The highest BCUT2D eigenvalue weighted by Crippen LogP contribution is 2.33. The van der Waals surface area contributed by atoms with Crippen LogP contribution in [0.25, 0.3) is 0 Å². The number of fused-ring (bicyclic) bond motifs is 1. The fourth-order valence-corrected chi connectivity index (χ4v) is 2.45. The lowest BCUT2D eigenvalue weighted by Gasteiger charge is -2.27. The maximum absolute atomic E-state index is 10.9. The minimum absolute atomic E-state index is 0.300. The van der Waals surface area contributed by atoms with Crippen LogP contribution in [-0.4, -0.2) is 45.5 Å². The van der Waals surface area contributed by atoms with Gasteiger partial charge in [0.2, 0.25) is 0 Å². The summed E-state index contributed by atoms with van der Waals surface area (Å²) in [5, 5.41) is 18.3. The topological polar surface area (TPSA) is 117 Å². The van der Waals surface area contributed by atoms with Gasteiger partial charge in [0.05, 0.1) is 6.07 Å². The van der Waals surface area contributed by atoms with Gasteiger partial charge in [-0.15, -0.1) is 0 Å². The van der Waals surface area contributed by atoms with E-state index in [1.54, 1.807) is 18.1 Å². The molecule has 0 bridgehead atoms. The molecule has 0 atom stereocenters. The highest BCUT2D eigenvalue weighted by atomic mass is 16.6. The van der Waals surface area contributed by atoms with Crippen LogP contribution in [0.2, 0.25) is 0 Å². The Labute approximate surface area is 137 Å². The number of aliphatic imine (C=N–C) groups is 1. The molecule has 0 radical (unpaired) electrons. The Kier molecular flexibility index (Phi) is 3.60. The number of hydrazone groups is 1. The molecule has 0 saturated carbocycles. The van der Waals surface area contributed by atoms with Crippen LogP contribution >= 0.6 is 0 Å². The SMILES string of the molecule is CC1=NN2C(=CN(C)C)N=C(c3ccc([N+](=O)[O-])o3)C(C)=C2N1N. The standard InChI is InChI=1S/C14H17N7O3/c1-8-13(10-5-6-12(24-10)21(22)23)16-11(7-18(3)4)20-14(8)19(15)9(2)17-20/h5-7H,15H2,1-4H3. The summed E-state index contributed by atoms with van der Waals surface area (Å²) < 4.78 is 5.30. The molecule has 1 aromatic heterocycles. The number of nitrogens with zero attached hydrogens (tertiary/aromatic N) is 6. The molecule has 0 saturated heterocycles. The zero-order chi connectivity index (χ0) is 17.6. The molecule has 0 fully saturated rings. The van der Waals surface area contributed by atoms with E-state index in [9.17, 15) is 10.1 Å². The van der Waals surface area contributed by atoms with E-state index in [0.717, 1.165) is 0 Å². The van der Waals surface area contributed by atoms with Gasteiger partial charge in [-0.1, -0.05) is 0 Å². The van der Waals surface area contributed by atoms with Crippen LogP contribution in [0, 0.1) is 10.1 Å². The maximum atomic E-state index is 10.9. The van der Waals surface area contributed by atoms with Gasteiger partial charge in [-0.2, -0.15) is 10.1 Å². The van der Waals surface area contributed by atoms with Crippen molar-refractivity contribution in [3.63, 3.8) is 0 Å². The summed E-state index contributed by atoms with van der Waals surface area (Å²) in [5.41, 5.74) is 1.18. The summed E-state index contributed by atoms with van der Waals surface area (Å²) in [6.45, 7) is 3.60. The molecule has 2 N–H and O–H groups in total. The summed E-state index contributed by atoms with van der Waals surface area (Å²) in [4.78, 5) is 16.6. The minimum atomic E-state index is -0.587. The fourth-order valence-electron chi connectivity index (χ4n) is 2.45. The molecule has 2 aliphatic rings. The Morgan fingerprint density at radius 3 is 2.67 bits per heavy atom. The molecule has 2 aliphatic heterocycles. The first-order valence-corrected chi connectivity index (χ1v) is 7.12. The van der Waals surface area contributed by atoms with Crippen molar-refractivity contribution in [2.24, 2.45) is 15.9 Å². The molecular formula is C14H17N7O3. The monoisotopic (exact) mass is 331 g/mol. The van der Waals surface area contributed by atoms with Gasteiger partial charge in [-0.25, -0.2) is 15.8 Å². The van der Waals surface area contributed by atoms with E-state index in [0.29, 0.717) is 34.5 Å². The summed E-state index contributed by atoms with van der Waals surface area (Å²) in [6.07, 6.45) is 1.78. The average molecular weight is 331 g/mol. The van der Waals surface area contributed by atoms with Gasteiger partial charge in [-0.3, -0.25) is 10.1 Å². The van der Waals surface area contributed by atoms with Crippen LogP contribution in [0.1, 0.15) is 19.6 Å². The number of hydrogen-bond donors (Lipinski definition) is 1. The minimum Gasteiger partial charge on any atom is -0.399 e. The maximum Gasteiger partial charge on any atom is 0.433 e. The van der Waals surface area contributed by atoms with Crippen molar-refractivity contribution >= 4 is 17.4 Å². The van der Waals surface area contributed by atoms with Crippen LogP contribution < -0.4 is 5.84 Å². The number of allylic oxidation sites excluding steroid dienone is 1. The molecule has 0 aromatic carbocycles. The lowest BCUT2D eigenvalue weighted by molar-refractivity contribution is -0.402. The summed E-state index contributed by atoms with van der Waals surface area (Å²) in [5.74, 6) is 7.81. The van der Waals surface area contributed by atoms with E-state index in [1.165, 1.54) is 17.1 Å². The highest BCUT2D eigenvalue weighted by Gasteiger charge is 2.35. The molecule has 126 valence electrons. The third-order valence-electron chi connectivity index (χ3n) is 3.53. The van der Waals surface area contributed by atoms with Crippen molar-refractivity contribution in [3.8, 4) is 0 Å². The van der Waals surface area contributed by atoms with Crippen LogP contribution in [0.15, 0.2) is 50.1 Å². The van der Waals surface area contributed by atoms with E-state index < -0.39 is 4.92 Å². The molecule has 3 heterocycles. The first kappa shape index (κ1) is 15.7. The average Bonchev–Trinajstić information content (AvgIpc) is 3.08. The molecule has 0 aliphatic carbocycles. The molecule has 3 rings (SSSR count). The molecular weight excluding hydrogens is 314 g/mol. The Bertz CT molecular complexity index is 831. The number of amidine groups is 1. The normalized spacial score (nSPS) is 18.8. The first-order chi connectivity index (χ1) is 11.3. The van der Waals surface area contributed by atoms with Crippen molar-refractivity contribution in [2.45, 2.75) is 13.8 Å². The second kappa shape index (κ2) is 5.49. The summed E-state index contributed by atoms with van der Waals surface area (Å²) in [7, 11) is 3.72. The number of nitro groups is 1. The molecule has 10 nitrogen and oxygen atoms in total. The Hall–Kier alpha value is -3.14. The zero-order valence-corrected chi connectivity index (χ0v) is 13.7. The van der Waals surface area contributed by atoms with E-state index >= 15 is 0 Å². The Morgan fingerprint density at radius 2 is 2.08 bits per heavy atom. The summed E-state index contributed by atoms with van der Waals surface area (Å²) in [6, 6.07) is 2.82. The van der Waals surface area contributed by atoms with Crippen LogP contribution in [0.4, 0.5) is 5.88 Å². The molecule has 0 unspecified atom stereocenters. The largest absolute Gasteiger partial charge is 0.433 e. The smallest absolute Gasteiger partial charge is 0.399 e. The number of hydrogen-bond acceptors (Lipinski definition) is 9. The van der Waals surface area contributed by atoms with E-state index in [-0.39, 0.29) is 5.88 Å². The predicted molar refractivity (Wildman–Crippen MR) is 87.3 cm³/mol. The van der Waals surface area contributed by atoms with Gasteiger partial charge in [0.25, 0.3) is 0 Å². The van der Waals surface area contributed by atoms with Crippen LogP contribution in [-0.2, 0) is 0 Å². The number of furan rings is 1. The fraction of sp³-hybridized carbons (Fsp3) is 0.286. The van der Waals surface area contributed by atoms with Gasteiger partial charge in [0.1, 0.15) is 16.5 Å². The van der Waals surface area contributed by atoms with Crippen molar-refractivity contribution in [3.05, 3.63) is 51.4 Å². The van der Waals surface area contributed by atoms with E-state index in [1.807, 2.05) is 25.9 Å². The van der Waals surface area contributed by atoms with E-state index in [2.05, 4.69) is 10.1 Å². The lowest BCUT2D eigenvalue weighted by atomic mass is 10.1. The first-order valence-electron chi connectivity index (χ1n) is 7.12. The Balaban J connectivity index is 2.14. The van der Waals surface area contributed by atoms with Gasteiger partial charge in [0, 0.05) is 25.9 Å². The third-order valence-corrected chi connectivity index (χ3v) is 3.53. The van der Waals surface area contributed by atoms with Crippen LogP contribution in [0.3, 0.4) is 0 Å². The second-order valence-corrected chi connectivity index (χ2v) is 5.58. The van der Waals surface area contributed by atoms with E-state index in [4.69, 9.17) is 10.3 Å². The number of rotatable bonds is 3. The van der Waals surface area contributed by atoms with Crippen molar-refractivity contribution in [2.75, 3.05) is 14.1 Å². The number of nitrogens with two attached hydrogens (primary N) is 1. The molecule has 10 heteroatoms. The van der Waals surface area contributed by atoms with Crippen molar-refractivity contribution in [1.29, 1.82) is 0 Å².